The molecule has 2 heterocycles. The van der Waals surface area contributed by atoms with Crippen LogP contribution in [0.4, 0.5) is 0 Å². The van der Waals surface area contributed by atoms with E-state index in [0.29, 0.717) is 19.1 Å². The molecule has 2 aromatic carbocycles. The average Bonchev–Trinajstić information content (AvgIpc) is 3.07. The molecule has 5 heteroatoms. The Hall–Kier alpha value is -2.95. The van der Waals surface area contributed by atoms with Crippen LogP contribution in [0.3, 0.4) is 0 Å². The van der Waals surface area contributed by atoms with E-state index in [0.717, 1.165) is 24.2 Å². The number of aliphatic imine (C=N–C) groups is 1. The fraction of sp³-hybridized carbons (Fsp3) is 0.286. The molecule has 0 saturated carbocycles. The van der Waals surface area contributed by atoms with Crippen LogP contribution in [0.15, 0.2) is 53.7 Å². The quantitative estimate of drug-likeness (QED) is 0.499. The topological polar surface area (TPSA) is 75.4 Å². The number of hydrogen-bond donors (Lipinski definition) is 3. The normalized spacial score (nSPS) is 17.0. The van der Waals surface area contributed by atoms with E-state index in [1.165, 1.54) is 22.0 Å². The van der Waals surface area contributed by atoms with Gasteiger partial charge in [0.25, 0.3) is 0 Å². The first-order chi connectivity index (χ1) is 12.7. The molecule has 0 bridgehead atoms. The Kier molecular flexibility index (Phi) is 4.52. The fourth-order valence-corrected chi connectivity index (χ4v) is 3.66. The number of nitrogens with one attached hydrogen (secondary N) is 2. The van der Waals surface area contributed by atoms with E-state index < -0.39 is 0 Å². The minimum absolute atomic E-state index is 0.152. The molecular formula is C21H24N4O. The Morgan fingerprint density at radius 2 is 2.15 bits per heavy atom. The van der Waals surface area contributed by atoms with Crippen LogP contribution >= 0.6 is 0 Å². The van der Waals surface area contributed by atoms with E-state index in [4.69, 9.17) is 10.5 Å². The van der Waals surface area contributed by atoms with Gasteiger partial charge in [-0.05, 0) is 36.6 Å². The lowest BCUT2D eigenvalue weighted by Gasteiger charge is -2.26. The van der Waals surface area contributed by atoms with Gasteiger partial charge in [0.15, 0.2) is 5.96 Å². The van der Waals surface area contributed by atoms with Crippen molar-refractivity contribution in [2.45, 2.75) is 25.8 Å². The molecule has 1 aliphatic rings. The molecule has 0 spiro atoms. The summed E-state index contributed by atoms with van der Waals surface area (Å²) in [7, 11) is 0. The van der Waals surface area contributed by atoms with Crippen LogP contribution in [0.25, 0.3) is 10.9 Å². The predicted octanol–water partition coefficient (Wildman–Crippen LogP) is 3.45. The van der Waals surface area contributed by atoms with Gasteiger partial charge in [0.2, 0.25) is 0 Å². The van der Waals surface area contributed by atoms with Gasteiger partial charge in [-0.25, -0.2) is 0 Å². The van der Waals surface area contributed by atoms with E-state index >= 15 is 0 Å². The van der Waals surface area contributed by atoms with Gasteiger partial charge < -0.3 is 20.8 Å². The van der Waals surface area contributed by atoms with Crippen LogP contribution in [-0.4, -0.2) is 24.1 Å². The fourth-order valence-electron chi connectivity index (χ4n) is 3.66. The third-order valence-electron chi connectivity index (χ3n) is 4.94. The summed E-state index contributed by atoms with van der Waals surface area (Å²) in [6.45, 7) is 3.49. The lowest BCUT2D eigenvalue weighted by atomic mass is 10.0. The van der Waals surface area contributed by atoms with Crippen LogP contribution in [0.2, 0.25) is 0 Å². The Morgan fingerprint density at radius 1 is 1.27 bits per heavy atom. The molecule has 4 rings (SSSR count). The highest BCUT2D eigenvalue weighted by molar-refractivity contribution is 5.86. The number of aromatic amines is 1. The van der Waals surface area contributed by atoms with Gasteiger partial charge >= 0.3 is 0 Å². The number of rotatable bonds is 4. The van der Waals surface area contributed by atoms with Gasteiger partial charge in [0, 0.05) is 35.6 Å². The zero-order chi connectivity index (χ0) is 17.9. The summed E-state index contributed by atoms with van der Waals surface area (Å²) in [4.78, 5) is 7.87. The van der Waals surface area contributed by atoms with Gasteiger partial charge in [-0.3, -0.25) is 4.99 Å². The van der Waals surface area contributed by atoms with E-state index in [9.17, 15) is 0 Å². The van der Waals surface area contributed by atoms with Gasteiger partial charge in [0.1, 0.15) is 5.75 Å². The van der Waals surface area contributed by atoms with Crippen LogP contribution in [0.5, 0.6) is 5.75 Å². The first-order valence-corrected chi connectivity index (χ1v) is 9.06. The number of H-pyrrole nitrogens is 1. The molecule has 4 N–H and O–H groups in total. The van der Waals surface area contributed by atoms with Crippen molar-refractivity contribution in [1.82, 2.24) is 10.3 Å². The Balaban J connectivity index is 1.42. The lowest BCUT2D eigenvalue weighted by molar-refractivity contribution is 0.262. The van der Waals surface area contributed by atoms with E-state index in [2.05, 4.69) is 52.7 Å². The van der Waals surface area contributed by atoms with E-state index in [1.807, 2.05) is 18.2 Å². The SMILES string of the molecule is Cc1cccc2[nH]cc(CCN=C(N)NC3CCOc4ccccc43)c12. The van der Waals surface area contributed by atoms with Crippen LogP contribution in [0, 0.1) is 6.92 Å². The lowest BCUT2D eigenvalue weighted by Crippen LogP contribution is -2.37. The largest absolute Gasteiger partial charge is 0.493 e. The summed E-state index contributed by atoms with van der Waals surface area (Å²) in [5.41, 5.74) is 11.0. The molecule has 134 valence electrons. The second-order valence-electron chi connectivity index (χ2n) is 6.70. The number of aromatic nitrogens is 1. The number of aryl methyl sites for hydroxylation is 1. The molecule has 1 atom stereocenters. The van der Waals surface area contributed by atoms with Crippen molar-refractivity contribution in [1.29, 1.82) is 0 Å². The maximum Gasteiger partial charge on any atom is 0.189 e. The second-order valence-corrected chi connectivity index (χ2v) is 6.70. The summed E-state index contributed by atoms with van der Waals surface area (Å²) in [5.74, 6) is 1.42. The zero-order valence-electron chi connectivity index (χ0n) is 15.0. The number of para-hydroxylation sites is 1. The molecule has 1 aromatic heterocycles. The molecule has 1 aliphatic heterocycles. The summed E-state index contributed by atoms with van der Waals surface area (Å²) >= 11 is 0. The van der Waals surface area contributed by atoms with Crippen molar-refractivity contribution >= 4 is 16.9 Å². The number of fused-ring (bicyclic) bond motifs is 2. The summed E-state index contributed by atoms with van der Waals surface area (Å²) in [5, 5.41) is 4.64. The zero-order valence-corrected chi connectivity index (χ0v) is 15.0. The molecule has 3 aromatic rings. The Morgan fingerprint density at radius 3 is 3.08 bits per heavy atom. The highest BCUT2D eigenvalue weighted by Crippen LogP contribution is 2.31. The first kappa shape index (κ1) is 16.5. The number of guanidine groups is 1. The van der Waals surface area contributed by atoms with Crippen molar-refractivity contribution < 1.29 is 4.74 Å². The van der Waals surface area contributed by atoms with Crippen LogP contribution in [0.1, 0.15) is 29.2 Å². The maximum absolute atomic E-state index is 6.13. The number of nitrogens with two attached hydrogens (primary N) is 1. The van der Waals surface area contributed by atoms with Gasteiger partial charge in [-0.2, -0.15) is 0 Å². The van der Waals surface area contributed by atoms with E-state index in [1.54, 1.807) is 0 Å². The maximum atomic E-state index is 6.13. The smallest absolute Gasteiger partial charge is 0.189 e. The highest BCUT2D eigenvalue weighted by Gasteiger charge is 2.21. The Bertz CT molecular complexity index is 944. The monoisotopic (exact) mass is 348 g/mol. The van der Waals surface area contributed by atoms with Crippen LogP contribution < -0.4 is 15.8 Å². The Labute approximate surface area is 153 Å². The van der Waals surface area contributed by atoms with Crippen LogP contribution in [-0.2, 0) is 6.42 Å². The van der Waals surface area contributed by atoms with Gasteiger partial charge in [0.05, 0.1) is 12.6 Å². The van der Waals surface area contributed by atoms with Crippen molar-refractivity contribution in [3.63, 3.8) is 0 Å². The van der Waals surface area contributed by atoms with Crippen molar-refractivity contribution in [3.05, 3.63) is 65.4 Å². The average molecular weight is 348 g/mol. The van der Waals surface area contributed by atoms with Gasteiger partial charge in [-0.1, -0.05) is 30.3 Å². The van der Waals surface area contributed by atoms with E-state index in [-0.39, 0.29) is 6.04 Å². The van der Waals surface area contributed by atoms with Crippen molar-refractivity contribution in [3.8, 4) is 5.75 Å². The summed E-state index contributed by atoms with van der Waals surface area (Å²) in [6, 6.07) is 14.6. The third-order valence-corrected chi connectivity index (χ3v) is 4.94. The number of ether oxygens (including phenoxy) is 1. The molecule has 26 heavy (non-hydrogen) atoms. The van der Waals surface area contributed by atoms with Crippen molar-refractivity contribution in [2.75, 3.05) is 13.2 Å². The van der Waals surface area contributed by atoms with Crippen molar-refractivity contribution in [2.24, 2.45) is 10.7 Å². The highest BCUT2D eigenvalue weighted by atomic mass is 16.5. The molecule has 0 radical (unpaired) electrons. The second kappa shape index (κ2) is 7.12. The molecule has 0 saturated heterocycles. The third kappa shape index (κ3) is 3.25. The van der Waals surface area contributed by atoms with Gasteiger partial charge in [-0.15, -0.1) is 0 Å². The number of hydrogen-bond acceptors (Lipinski definition) is 2. The number of benzene rings is 2. The number of nitrogens with zero attached hydrogens (tertiary/aromatic N) is 1. The molecule has 0 aliphatic carbocycles. The molecule has 0 amide bonds. The predicted molar refractivity (Wildman–Crippen MR) is 106 cm³/mol. The summed E-state index contributed by atoms with van der Waals surface area (Å²) in [6.07, 6.45) is 3.82. The molecule has 5 nitrogen and oxygen atoms in total. The molecule has 0 fully saturated rings. The molecule has 1 unspecified atom stereocenters. The minimum atomic E-state index is 0.152. The summed E-state index contributed by atoms with van der Waals surface area (Å²) < 4.78 is 5.69. The first-order valence-electron chi connectivity index (χ1n) is 9.06. The minimum Gasteiger partial charge on any atom is -0.493 e. The standard InChI is InChI=1S/C21H24N4O/c1-14-5-4-7-18-20(14)15(13-24-18)9-11-23-21(22)25-17-10-12-26-19-8-3-2-6-16(17)19/h2-8,13,17,24H,9-12H2,1H3,(H3,22,23,25). The molecular weight excluding hydrogens is 324 g/mol.